The maximum Gasteiger partial charge on any atom is 0.342 e. The molecule has 5 nitrogen and oxygen atoms in total. The number of rotatable bonds is 4. The highest BCUT2D eigenvalue weighted by Crippen LogP contribution is 2.25. The van der Waals surface area contributed by atoms with E-state index in [1.54, 1.807) is 12.1 Å². The molecule has 0 bridgehead atoms. The molecule has 21 heavy (non-hydrogen) atoms. The van der Waals surface area contributed by atoms with E-state index in [9.17, 15) is 14.7 Å². The fourth-order valence-corrected chi connectivity index (χ4v) is 1.86. The summed E-state index contributed by atoms with van der Waals surface area (Å²) in [5.74, 6) is -2.20. The lowest BCUT2D eigenvalue weighted by atomic mass is 10.0. The molecule has 2 N–H and O–H groups in total. The molecule has 0 unspecified atom stereocenters. The van der Waals surface area contributed by atoms with Crippen LogP contribution >= 0.6 is 0 Å². The minimum atomic E-state index is -1.17. The molecular formula is C16H14O5. The Balaban J connectivity index is 2.21. The van der Waals surface area contributed by atoms with Crippen molar-refractivity contribution < 1.29 is 24.5 Å². The van der Waals surface area contributed by atoms with Crippen molar-refractivity contribution in [3.8, 4) is 5.75 Å². The summed E-state index contributed by atoms with van der Waals surface area (Å²) in [5, 5.41) is 18.9. The summed E-state index contributed by atoms with van der Waals surface area (Å²) in [6, 6.07) is 11.5. The van der Waals surface area contributed by atoms with Crippen molar-refractivity contribution in [2.45, 2.75) is 13.5 Å². The molecule has 2 rings (SSSR count). The number of benzene rings is 2. The molecule has 2 aromatic carbocycles. The number of ether oxygens (including phenoxy) is 1. The topological polar surface area (TPSA) is 83.8 Å². The van der Waals surface area contributed by atoms with Crippen LogP contribution in [-0.4, -0.2) is 22.2 Å². The van der Waals surface area contributed by atoms with E-state index in [2.05, 4.69) is 0 Å². The van der Waals surface area contributed by atoms with E-state index in [1.165, 1.54) is 13.0 Å². The largest absolute Gasteiger partial charge is 0.507 e. The number of phenols is 1. The molecule has 5 heteroatoms. The molecule has 0 aliphatic heterocycles. The lowest BCUT2D eigenvalue weighted by Crippen LogP contribution is -2.08. The first-order valence-electron chi connectivity index (χ1n) is 6.27. The Morgan fingerprint density at radius 2 is 1.81 bits per heavy atom. The van der Waals surface area contributed by atoms with E-state index in [0.717, 1.165) is 11.6 Å². The highest BCUT2D eigenvalue weighted by Gasteiger charge is 2.18. The molecule has 0 saturated carbocycles. The molecule has 0 aromatic heterocycles. The third kappa shape index (κ3) is 3.39. The van der Waals surface area contributed by atoms with E-state index >= 15 is 0 Å². The number of carbonyl (C=O) groups excluding carboxylic acids is 1. The van der Waals surface area contributed by atoms with Crippen molar-refractivity contribution in [1.29, 1.82) is 0 Å². The summed E-state index contributed by atoms with van der Waals surface area (Å²) in [5.41, 5.74) is 0.887. The van der Waals surface area contributed by atoms with Gasteiger partial charge in [0.25, 0.3) is 0 Å². The van der Waals surface area contributed by atoms with Gasteiger partial charge in [0.15, 0.2) is 0 Å². The van der Waals surface area contributed by atoms with Crippen LogP contribution in [0.2, 0.25) is 0 Å². The standard InChI is InChI=1S/C16H14O5/c1-10-7-12(15(18)19)8-13(14(10)17)16(20)21-9-11-5-3-2-4-6-11/h2-8,17H,9H2,1H3,(H,18,19). The fourth-order valence-electron chi connectivity index (χ4n) is 1.86. The highest BCUT2D eigenvalue weighted by atomic mass is 16.5. The van der Waals surface area contributed by atoms with Gasteiger partial charge in [0.05, 0.1) is 5.56 Å². The monoisotopic (exact) mass is 286 g/mol. The van der Waals surface area contributed by atoms with Crippen molar-refractivity contribution in [2.75, 3.05) is 0 Å². The Morgan fingerprint density at radius 3 is 2.43 bits per heavy atom. The summed E-state index contributed by atoms with van der Waals surface area (Å²) in [6.45, 7) is 1.57. The van der Waals surface area contributed by atoms with Gasteiger partial charge in [-0.05, 0) is 30.2 Å². The van der Waals surface area contributed by atoms with E-state index in [4.69, 9.17) is 9.84 Å². The second kappa shape index (κ2) is 6.09. The van der Waals surface area contributed by atoms with E-state index in [0.29, 0.717) is 5.56 Å². The van der Waals surface area contributed by atoms with Crippen LogP contribution in [0.15, 0.2) is 42.5 Å². The van der Waals surface area contributed by atoms with Crippen LogP contribution in [0.25, 0.3) is 0 Å². The summed E-state index contributed by atoms with van der Waals surface area (Å²) in [7, 11) is 0. The third-order valence-corrected chi connectivity index (χ3v) is 2.98. The van der Waals surface area contributed by atoms with Crippen LogP contribution in [0.1, 0.15) is 31.8 Å². The van der Waals surface area contributed by atoms with Gasteiger partial charge in [-0.15, -0.1) is 0 Å². The Hall–Kier alpha value is -2.82. The molecule has 0 saturated heterocycles. The number of carbonyl (C=O) groups is 2. The average molecular weight is 286 g/mol. The number of carboxylic acids is 1. The summed E-state index contributed by atoms with van der Waals surface area (Å²) in [6.07, 6.45) is 0. The molecule has 0 aliphatic rings. The summed E-state index contributed by atoms with van der Waals surface area (Å²) in [4.78, 5) is 23.0. The zero-order chi connectivity index (χ0) is 15.4. The van der Waals surface area contributed by atoms with Gasteiger partial charge in [0.2, 0.25) is 0 Å². The van der Waals surface area contributed by atoms with Crippen LogP contribution in [0, 0.1) is 6.92 Å². The first-order valence-corrected chi connectivity index (χ1v) is 6.27. The molecule has 0 heterocycles. The van der Waals surface area contributed by atoms with Crippen LogP contribution in [0.3, 0.4) is 0 Å². The number of carboxylic acid groups (broad SMARTS) is 1. The number of hydrogen-bond acceptors (Lipinski definition) is 4. The van der Waals surface area contributed by atoms with Gasteiger partial charge in [0.1, 0.15) is 17.9 Å². The molecule has 108 valence electrons. The van der Waals surface area contributed by atoms with Gasteiger partial charge in [0, 0.05) is 0 Å². The summed E-state index contributed by atoms with van der Waals surface area (Å²) < 4.78 is 5.09. The molecule has 0 aliphatic carbocycles. The molecule has 0 spiro atoms. The second-order valence-corrected chi connectivity index (χ2v) is 4.56. The normalized spacial score (nSPS) is 10.1. The highest BCUT2D eigenvalue weighted by molar-refractivity contribution is 5.97. The lowest BCUT2D eigenvalue weighted by molar-refractivity contribution is 0.0469. The van der Waals surface area contributed by atoms with Crippen LogP contribution < -0.4 is 0 Å². The SMILES string of the molecule is Cc1cc(C(=O)O)cc(C(=O)OCc2ccccc2)c1O. The molecular weight excluding hydrogens is 272 g/mol. The first kappa shape index (κ1) is 14.6. The smallest absolute Gasteiger partial charge is 0.342 e. The van der Waals surface area contributed by atoms with Crippen molar-refractivity contribution in [3.63, 3.8) is 0 Å². The number of aromatic carboxylic acids is 1. The number of hydrogen-bond donors (Lipinski definition) is 2. The third-order valence-electron chi connectivity index (χ3n) is 2.98. The number of aromatic hydroxyl groups is 1. The molecule has 2 aromatic rings. The maximum absolute atomic E-state index is 12.0. The number of esters is 1. The quantitative estimate of drug-likeness (QED) is 0.844. The lowest BCUT2D eigenvalue weighted by Gasteiger charge is -2.09. The van der Waals surface area contributed by atoms with E-state index in [1.807, 2.05) is 18.2 Å². The predicted octanol–water partition coefficient (Wildman–Crippen LogP) is 2.76. The Labute approximate surface area is 121 Å². The Bertz CT molecular complexity index is 677. The Morgan fingerprint density at radius 1 is 1.14 bits per heavy atom. The molecule has 0 radical (unpaired) electrons. The van der Waals surface area contributed by atoms with Crippen LogP contribution in [0.4, 0.5) is 0 Å². The Kier molecular flexibility index (Phi) is 4.23. The first-order chi connectivity index (χ1) is 9.99. The molecule has 0 amide bonds. The average Bonchev–Trinajstić information content (AvgIpc) is 2.48. The van der Waals surface area contributed by atoms with Gasteiger partial charge in [-0.1, -0.05) is 30.3 Å². The van der Waals surface area contributed by atoms with Gasteiger partial charge in [-0.3, -0.25) is 0 Å². The van der Waals surface area contributed by atoms with Gasteiger partial charge in [-0.2, -0.15) is 0 Å². The van der Waals surface area contributed by atoms with Crippen molar-refractivity contribution in [3.05, 3.63) is 64.7 Å². The minimum Gasteiger partial charge on any atom is -0.507 e. The number of aryl methyl sites for hydroxylation is 1. The summed E-state index contributed by atoms with van der Waals surface area (Å²) >= 11 is 0. The fraction of sp³-hybridized carbons (Fsp3) is 0.125. The van der Waals surface area contributed by atoms with E-state index < -0.39 is 11.9 Å². The second-order valence-electron chi connectivity index (χ2n) is 4.56. The van der Waals surface area contributed by atoms with E-state index in [-0.39, 0.29) is 23.5 Å². The number of phenolic OH excluding ortho intramolecular Hbond substituents is 1. The zero-order valence-electron chi connectivity index (χ0n) is 11.4. The van der Waals surface area contributed by atoms with Crippen molar-refractivity contribution >= 4 is 11.9 Å². The molecule has 0 fully saturated rings. The maximum atomic E-state index is 12.0. The van der Waals surface area contributed by atoms with Crippen LogP contribution in [0.5, 0.6) is 5.75 Å². The van der Waals surface area contributed by atoms with Gasteiger partial charge in [-0.25, -0.2) is 9.59 Å². The molecule has 0 atom stereocenters. The van der Waals surface area contributed by atoms with Gasteiger partial charge < -0.3 is 14.9 Å². The van der Waals surface area contributed by atoms with Gasteiger partial charge >= 0.3 is 11.9 Å². The van der Waals surface area contributed by atoms with Crippen molar-refractivity contribution in [2.24, 2.45) is 0 Å². The predicted molar refractivity (Wildman–Crippen MR) is 75.4 cm³/mol. The van der Waals surface area contributed by atoms with Crippen molar-refractivity contribution in [1.82, 2.24) is 0 Å². The zero-order valence-corrected chi connectivity index (χ0v) is 11.4. The minimum absolute atomic E-state index is 0.0511. The van der Waals surface area contributed by atoms with Crippen LogP contribution in [-0.2, 0) is 11.3 Å².